The van der Waals surface area contributed by atoms with Crippen molar-refractivity contribution in [1.29, 1.82) is 0 Å². The van der Waals surface area contributed by atoms with Gasteiger partial charge in [0.25, 0.3) is 0 Å². The quantitative estimate of drug-likeness (QED) is 0.765. The first-order valence-corrected chi connectivity index (χ1v) is 6.54. The number of rotatable bonds is 8. The molecule has 1 aromatic rings. The zero-order chi connectivity index (χ0) is 15.8. The van der Waals surface area contributed by atoms with Gasteiger partial charge in [0.1, 0.15) is 0 Å². The summed E-state index contributed by atoms with van der Waals surface area (Å²) in [5.74, 6) is 0.133. The first-order valence-electron chi connectivity index (χ1n) is 6.54. The molecule has 2 N–H and O–H groups in total. The van der Waals surface area contributed by atoms with Crippen LogP contribution in [0.5, 0.6) is 11.5 Å². The van der Waals surface area contributed by atoms with Crippen molar-refractivity contribution in [3.05, 3.63) is 23.8 Å². The number of benzene rings is 1. The molecule has 1 unspecified atom stereocenters. The fourth-order valence-corrected chi connectivity index (χ4v) is 1.68. The SMILES string of the molecule is CNC(C)C(=O)NCCc1ccc(OC(F)F)c(OC)c1. The first-order chi connectivity index (χ1) is 9.97. The van der Waals surface area contributed by atoms with Crippen LogP contribution in [0.15, 0.2) is 18.2 Å². The van der Waals surface area contributed by atoms with Gasteiger partial charge in [-0.15, -0.1) is 0 Å². The topological polar surface area (TPSA) is 59.6 Å². The Morgan fingerprint density at radius 1 is 1.33 bits per heavy atom. The smallest absolute Gasteiger partial charge is 0.387 e. The van der Waals surface area contributed by atoms with Crippen LogP contribution < -0.4 is 20.1 Å². The third-order valence-corrected chi connectivity index (χ3v) is 2.98. The van der Waals surface area contributed by atoms with Crippen molar-refractivity contribution >= 4 is 5.91 Å². The molecule has 7 heteroatoms. The van der Waals surface area contributed by atoms with E-state index in [4.69, 9.17) is 4.74 Å². The Bertz CT molecular complexity index is 470. The molecule has 1 atom stereocenters. The number of carbonyl (C=O) groups excluding carboxylic acids is 1. The Kier molecular flexibility index (Phi) is 6.87. The van der Waals surface area contributed by atoms with Gasteiger partial charge in [-0.05, 0) is 38.1 Å². The summed E-state index contributed by atoms with van der Waals surface area (Å²) in [6.45, 7) is -0.690. The highest BCUT2D eigenvalue weighted by molar-refractivity contribution is 5.81. The maximum atomic E-state index is 12.2. The van der Waals surface area contributed by atoms with Crippen LogP contribution >= 0.6 is 0 Å². The van der Waals surface area contributed by atoms with E-state index in [2.05, 4.69) is 15.4 Å². The summed E-state index contributed by atoms with van der Waals surface area (Å²) in [6.07, 6.45) is 0.563. The van der Waals surface area contributed by atoms with Crippen LogP contribution in [0.4, 0.5) is 8.78 Å². The molecule has 0 fully saturated rings. The van der Waals surface area contributed by atoms with E-state index in [1.54, 1.807) is 26.1 Å². The lowest BCUT2D eigenvalue weighted by molar-refractivity contribution is -0.122. The Morgan fingerprint density at radius 3 is 2.62 bits per heavy atom. The van der Waals surface area contributed by atoms with Gasteiger partial charge in [-0.1, -0.05) is 6.07 Å². The van der Waals surface area contributed by atoms with Crippen LogP contribution in [0.25, 0.3) is 0 Å². The van der Waals surface area contributed by atoms with Crippen LogP contribution in [0.1, 0.15) is 12.5 Å². The molecule has 21 heavy (non-hydrogen) atoms. The van der Waals surface area contributed by atoms with E-state index < -0.39 is 6.61 Å². The number of likely N-dealkylation sites (N-methyl/N-ethyl adjacent to an activating group) is 1. The molecule has 1 rings (SSSR count). The Labute approximate surface area is 122 Å². The number of nitrogens with one attached hydrogen (secondary N) is 2. The summed E-state index contributed by atoms with van der Waals surface area (Å²) >= 11 is 0. The van der Waals surface area contributed by atoms with E-state index in [-0.39, 0.29) is 23.4 Å². The summed E-state index contributed by atoms with van der Waals surface area (Å²) in [6, 6.07) is 4.44. The molecule has 1 amide bonds. The Morgan fingerprint density at radius 2 is 2.05 bits per heavy atom. The molecule has 0 bridgehead atoms. The maximum Gasteiger partial charge on any atom is 0.387 e. The molecule has 1 aromatic carbocycles. The molecule has 0 aromatic heterocycles. The Hall–Kier alpha value is -1.89. The predicted molar refractivity (Wildman–Crippen MR) is 74.9 cm³/mol. The molecular formula is C14H20F2N2O3. The van der Waals surface area contributed by atoms with E-state index in [0.717, 1.165) is 5.56 Å². The number of halogens is 2. The van der Waals surface area contributed by atoms with Crippen molar-refractivity contribution in [3.63, 3.8) is 0 Å². The summed E-state index contributed by atoms with van der Waals surface area (Å²) in [5, 5.41) is 5.61. The second kappa shape index (κ2) is 8.41. The van der Waals surface area contributed by atoms with Crippen molar-refractivity contribution in [3.8, 4) is 11.5 Å². The first kappa shape index (κ1) is 17.2. The van der Waals surface area contributed by atoms with Crippen LogP contribution in [-0.2, 0) is 11.2 Å². The third-order valence-electron chi connectivity index (χ3n) is 2.98. The van der Waals surface area contributed by atoms with Gasteiger partial charge < -0.3 is 20.1 Å². The maximum absolute atomic E-state index is 12.2. The van der Waals surface area contributed by atoms with Gasteiger partial charge in [0.15, 0.2) is 11.5 Å². The molecule has 0 radical (unpaired) electrons. The largest absolute Gasteiger partial charge is 0.493 e. The van der Waals surface area contributed by atoms with Gasteiger partial charge in [0.05, 0.1) is 13.2 Å². The average Bonchev–Trinajstić information content (AvgIpc) is 2.47. The highest BCUT2D eigenvalue weighted by Crippen LogP contribution is 2.29. The summed E-state index contributed by atoms with van der Waals surface area (Å²) in [4.78, 5) is 11.6. The van der Waals surface area contributed by atoms with Crippen molar-refractivity contribution in [1.82, 2.24) is 10.6 Å². The Balaban J connectivity index is 2.58. The van der Waals surface area contributed by atoms with E-state index in [1.807, 2.05) is 0 Å². The average molecular weight is 302 g/mol. The monoisotopic (exact) mass is 302 g/mol. The molecule has 0 heterocycles. The van der Waals surface area contributed by atoms with Gasteiger partial charge in [0, 0.05) is 6.54 Å². The molecule has 0 aliphatic carbocycles. The van der Waals surface area contributed by atoms with Crippen molar-refractivity contribution in [2.45, 2.75) is 26.0 Å². The lowest BCUT2D eigenvalue weighted by atomic mass is 10.1. The van der Waals surface area contributed by atoms with Gasteiger partial charge in [-0.2, -0.15) is 8.78 Å². The van der Waals surface area contributed by atoms with E-state index >= 15 is 0 Å². The zero-order valence-electron chi connectivity index (χ0n) is 12.3. The predicted octanol–water partition coefficient (Wildman–Crippen LogP) is 1.56. The standard InChI is InChI=1S/C14H20F2N2O3/c1-9(17-2)13(19)18-7-6-10-4-5-11(21-14(15)16)12(8-10)20-3/h4-5,8-9,14,17H,6-7H2,1-3H3,(H,18,19). The number of carbonyl (C=O) groups is 1. The molecule has 118 valence electrons. The van der Waals surface area contributed by atoms with Crippen molar-refractivity contribution < 1.29 is 23.0 Å². The van der Waals surface area contributed by atoms with Gasteiger partial charge in [-0.25, -0.2) is 0 Å². The van der Waals surface area contributed by atoms with Crippen molar-refractivity contribution in [2.75, 3.05) is 20.7 Å². The van der Waals surface area contributed by atoms with Crippen LogP contribution in [0.2, 0.25) is 0 Å². The molecule has 0 saturated carbocycles. The zero-order valence-corrected chi connectivity index (χ0v) is 12.3. The lowest BCUT2D eigenvalue weighted by Crippen LogP contribution is -2.41. The van der Waals surface area contributed by atoms with E-state index in [1.165, 1.54) is 13.2 Å². The summed E-state index contributed by atoms with van der Waals surface area (Å²) < 4.78 is 33.8. The van der Waals surface area contributed by atoms with Gasteiger partial charge in [0.2, 0.25) is 5.91 Å². The molecular weight excluding hydrogens is 282 g/mol. The van der Waals surface area contributed by atoms with Crippen molar-refractivity contribution in [2.24, 2.45) is 0 Å². The van der Waals surface area contributed by atoms with Gasteiger partial charge in [-0.3, -0.25) is 4.79 Å². The molecule has 0 spiro atoms. The highest BCUT2D eigenvalue weighted by atomic mass is 19.3. The number of hydrogen-bond acceptors (Lipinski definition) is 4. The van der Waals surface area contributed by atoms with E-state index in [0.29, 0.717) is 13.0 Å². The molecule has 0 aliphatic heterocycles. The van der Waals surface area contributed by atoms with Crippen LogP contribution in [-0.4, -0.2) is 39.3 Å². The summed E-state index contributed by atoms with van der Waals surface area (Å²) in [5.41, 5.74) is 0.853. The van der Waals surface area contributed by atoms with Crippen LogP contribution in [0, 0.1) is 0 Å². The van der Waals surface area contributed by atoms with E-state index in [9.17, 15) is 13.6 Å². The number of hydrogen-bond donors (Lipinski definition) is 2. The number of ether oxygens (including phenoxy) is 2. The summed E-state index contributed by atoms with van der Waals surface area (Å²) in [7, 11) is 3.09. The second-order valence-electron chi connectivity index (χ2n) is 4.42. The normalized spacial score (nSPS) is 12.1. The third kappa shape index (κ3) is 5.55. The van der Waals surface area contributed by atoms with Crippen LogP contribution in [0.3, 0.4) is 0 Å². The minimum atomic E-state index is -2.90. The number of amides is 1. The second-order valence-corrected chi connectivity index (χ2v) is 4.42. The van der Waals surface area contributed by atoms with Gasteiger partial charge >= 0.3 is 6.61 Å². The lowest BCUT2D eigenvalue weighted by Gasteiger charge is -2.13. The molecule has 0 aliphatic rings. The number of alkyl halides is 2. The molecule has 0 saturated heterocycles. The number of methoxy groups -OCH3 is 1. The fraction of sp³-hybridized carbons (Fsp3) is 0.500. The minimum absolute atomic E-state index is 0.0101. The fourth-order valence-electron chi connectivity index (χ4n) is 1.68. The highest BCUT2D eigenvalue weighted by Gasteiger charge is 2.12. The minimum Gasteiger partial charge on any atom is -0.493 e. The molecule has 5 nitrogen and oxygen atoms in total.